The number of nitrogens with zero attached hydrogens (tertiary/aromatic N) is 1. The van der Waals surface area contributed by atoms with Gasteiger partial charge in [0.05, 0.1) is 18.3 Å². The SMILES string of the molecule is COc1ccc(-c2ccc(S(=O)(=O)NCc3ccc(-c4ccco4)nc3)cc2)cc1. The molecular formula is C23H20N2O4S. The molecule has 152 valence electrons. The zero-order chi connectivity index (χ0) is 21.0. The van der Waals surface area contributed by atoms with Crippen LogP contribution in [0.4, 0.5) is 0 Å². The van der Waals surface area contributed by atoms with Gasteiger partial charge in [-0.15, -0.1) is 0 Å². The van der Waals surface area contributed by atoms with Crippen LogP contribution in [0.2, 0.25) is 0 Å². The summed E-state index contributed by atoms with van der Waals surface area (Å²) in [5.74, 6) is 1.44. The molecular weight excluding hydrogens is 400 g/mol. The first kappa shape index (κ1) is 19.9. The smallest absolute Gasteiger partial charge is 0.240 e. The molecule has 4 rings (SSSR count). The average Bonchev–Trinajstić information content (AvgIpc) is 3.33. The lowest BCUT2D eigenvalue weighted by Gasteiger charge is -2.09. The van der Waals surface area contributed by atoms with Gasteiger partial charge in [-0.05, 0) is 59.2 Å². The molecule has 0 unspecified atom stereocenters. The van der Waals surface area contributed by atoms with Crippen LogP contribution in [0.3, 0.4) is 0 Å². The highest BCUT2D eigenvalue weighted by molar-refractivity contribution is 7.89. The van der Waals surface area contributed by atoms with Crippen LogP contribution in [0.25, 0.3) is 22.6 Å². The van der Waals surface area contributed by atoms with Gasteiger partial charge >= 0.3 is 0 Å². The Morgan fingerprint density at radius 2 is 1.63 bits per heavy atom. The molecule has 0 radical (unpaired) electrons. The van der Waals surface area contributed by atoms with Gasteiger partial charge in [-0.3, -0.25) is 4.98 Å². The van der Waals surface area contributed by atoms with E-state index in [1.807, 2.05) is 36.4 Å². The minimum Gasteiger partial charge on any atom is -0.497 e. The quantitative estimate of drug-likeness (QED) is 0.476. The number of hydrogen-bond acceptors (Lipinski definition) is 5. The Balaban J connectivity index is 1.43. The molecule has 0 saturated carbocycles. The van der Waals surface area contributed by atoms with Crippen molar-refractivity contribution in [2.75, 3.05) is 7.11 Å². The molecule has 6 nitrogen and oxygen atoms in total. The van der Waals surface area contributed by atoms with E-state index in [4.69, 9.17) is 9.15 Å². The summed E-state index contributed by atoms with van der Waals surface area (Å²) >= 11 is 0. The van der Waals surface area contributed by atoms with E-state index in [2.05, 4.69) is 9.71 Å². The van der Waals surface area contributed by atoms with Gasteiger partial charge in [0.1, 0.15) is 11.4 Å². The normalized spacial score (nSPS) is 11.4. The number of nitrogens with one attached hydrogen (secondary N) is 1. The van der Waals surface area contributed by atoms with Crippen molar-refractivity contribution >= 4 is 10.0 Å². The molecule has 2 aromatic heterocycles. The van der Waals surface area contributed by atoms with Crippen LogP contribution >= 0.6 is 0 Å². The number of benzene rings is 2. The van der Waals surface area contributed by atoms with Crippen molar-refractivity contribution in [1.29, 1.82) is 0 Å². The molecule has 0 fully saturated rings. The number of ether oxygens (including phenoxy) is 1. The number of aromatic nitrogens is 1. The zero-order valence-electron chi connectivity index (χ0n) is 16.3. The summed E-state index contributed by atoms with van der Waals surface area (Å²) in [7, 11) is -2.02. The maximum atomic E-state index is 12.6. The highest BCUT2D eigenvalue weighted by atomic mass is 32.2. The maximum absolute atomic E-state index is 12.6. The maximum Gasteiger partial charge on any atom is 0.240 e. The van der Waals surface area contributed by atoms with Crippen molar-refractivity contribution in [2.24, 2.45) is 0 Å². The number of sulfonamides is 1. The molecule has 2 aromatic carbocycles. The highest BCUT2D eigenvalue weighted by Gasteiger charge is 2.14. The van der Waals surface area contributed by atoms with Crippen molar-refractivity contribution in [3.8, 4) is 28.3 Å². The summed E-state index contributed by atoms with van der Waals surface area (Å²) in [6, 6.07) is 21.6. The Morgan fingerprint density at radius 1 is 0.933 bits per heavy atom. The third-order valence-corrected chi connectivity index (χ3v) is 6.07. The summed E-state index contributed by atoms with van der Waals surface area (Å²) in [6.07, 6.45) is 3.21. The van der Waals surface area contributed by atoms with E-state index in [-0.39, 0.29) is 11.4 Å². The monoisotopic (exact) mass is 420 g/mol. The molecule has 2 heterocycles. The summed E-state index contributed by atoms with van der Waals surface area (Å²) in [5, 5.41) is 0. The second-order valence-electron chi connectivity index (χ2n) is 6.61. The van der Waals surface area contributed by atoms with Gasteiger partial charge in [0.25, 0.3) is 0 Å². The largest absolute Gasteiger partial charge is 0.497 e. The fraction of sp³-hybridized carbons (Fsp3) is 0.0870. The lowest BCUT2D eigenvalue weighted by molar-refractivity contribution is 0.415. The molecule has 4 aromatic rings. The first-order chi connectivity index (χ1) is 14.5. The van der Waals surface area contributed by atoms with Crippen molar-refractivity contribution in [3.63, 3.8) is 0 Å². The van der Waals surface area contributed by atoms with Gasteiger partial charge in [-0.25, -0.2) is 13.1 Å². The van der Waals surface area contributed by atoms with Gasteiger partial charge in [-0.2, -0.15) is 0 Å². The number of pyridine rings is 1. The predicted octanol–water partition coefficient (Wildman–Crippen LogP) is 4.50. The molecule has 30 heavy (non-hydrogen) atoms. The minimum absolute atomic E-state index is 0.147. The highest BCUT2D eigenvalue weighted by Crippen LogP contribution is 2.24. The Hall–Kier alpha value is -3.42. The van der Waals surface area contributed by atoms with Gasteiger partial charge in [0.15, 0.2) is 5.76 Å². The molecule has 0 aliphatic rings. The Kier molecular flexibility index (Phi) is 5.65. The van der Waals surface area contributed by atoms with Crippen LogP contribution < -0.4 is 9.46 Å². The molecule has 0 aliphatic heterocycles. The van der Waals surface area contributed by atoms with E-state index in [1.54, 1.807) is 56.0 Å². The number of methoxy groups -OCH3 is 1. The molecule has 0 spiro atoms. The third-order valence-electron chi connectivity index (χ3n) is 4.65. The molecule has 0 saturated heterocycles. The molecule has 0 aliphatic carbocycles. The van der Waals surface area contributed by atoms with E-state index in [9.17, 15) is 8.42 Å². The molecule has 0 amide bonds. The lowest BCUT2D eigenvalue weighted by atomic mass is 10.1. The van der Waals surface area contributed by atoms with E-state index < -0.39 is 10.0 Å². The Morgan fingerprint density at radius 3 is 2.20 bits per heavy atom. The fourth-order valence-corrected chi connectivity index (χ4v) is 3.99. The van der Waals surface area contributed by atoms with Crippen LogP contribution in [0, 0.1) is 0 Å². The third kappa shape index (κ3) is 4.42. The van der Waals surface area contributed by atoms with Crippen LogP contribution in [-0.4, -0.2) is 20.5 Å². The summed E-state index contributed by atoms with van der Waals surface area (Å²) in [6.45, 7) is 0.147. The van der Waals surface area contributed by atoms with E-state index in [1.165, 1.54) is 0 Å². The van der Waals surface area contributed by atoms with E-state index >= 15 is 0 Å². The molecule has 0 bridgehead atoms. The number of hydrogen-bond donors (Lipinski definition) is 1. The van der Waals surface area contributed by atoms with Crippen LogP contribution in [0.15, 0.2) is 94.6 Å². The molecule has 0 atom stereocenters. The van der Waals surface area contributed by atoms with Gasteiger partial charge in [0, 0.05) is 12.7 Å². The number of furan rings is 1. The summed E-state index contributed by atoms with van der Waals surface area (Å²) < 4.78 is 38.3. The van der Waals surface area contributed by atoms with Gasteiger partial charge in [0.2, 0.25) is 10.0 Å². The topological polar surface area (TPSA) is 81.4 Å². The van der Waals surface area contributed by atoms with Crippen molar-refractivity contribution in [2.45, 2.75) is 11.4 Å². The molecule has 7 heteroatoms. The van der Waals surface area contributed by atoms with Crippen molar-refractivity contribution in [1.82, 2.24) is 9.71 Å². The van der Waals surface area contributed by atoms with Crippen LogP contribution in [-0.2, 0) is 16.6 Å². The Labute approximate surface area is 175 Å². The van der Waals surface area contributed by atoms with Gasteiger partial charge < -0.3 is 9.15 Å². The minimum atomic E-state index is -3.64. The number of rotatable bonds is 7. The lowest BCUT2D eigenvalue weighted by Crippen LogP contribution is -2.23. The predicted molar refractivity (Wildman–Crippen MR) is 114 cm³/mol. The zero-order valence-corrected chi connectivity index (χ0v) is 17.1. The second kappa shape index (κ2) is 8.52. The second-order valence-corrected chi connectivity index (χ2v) is 8.37. The Bertz CT molecular complexity index is 1200. The average molecular weight is 420 g/mol. The first-order valence-corrected chi connectivity index (χ1v) is 10.8. The van der Waals surface area contributed by atoms with Crippen LogP contribution in [0.5, 0.6) is 5.75 Å². The van der Waals surface area contributed by atoms with Crippen molar-refractivity contribution in [3.05, 3.63) is 90.8 Å². The van der Waals surface area contributed by atoms with Crippen LogP contribution in [0.1, 0.15) is 5.56 Å². The summed E-state index contributed by atoms with van der Waals surface area (Å²) in [5.41, 5.74) is 3.36. The first-order valence-electron chi connectivity index (χ1n) is 9.28. The molecule has 1 N–H and O–H groups in total. The van der Waals surface area contributed by atoms with Gasteiger partial charge in [-0.1, -0.05) is 30.3 Å². The van der Waals surface area contributed by atoms with E-state index in [0.717, 1.165) is 22.4 Å². The standard InChI is InChI=1S/C23H20N2O4S/c1-28-20-9-5-18(6-10-20)19-7-11-21(12-8-19)30(26,27)25-16-17-4-13-22(24-15-17)23-3-2-14-29-23/h2-15,25H,16H2,1H3. The fourth-order valence-electron chi connectivity index (χ4n) is 2.97. The summed E-state index contributed by atoms with van der Waals surface area (Å²) in [4.78, 5) is 4.52. The van der Waals surface area contributed by atoms with Crippen molar-refractivity contribution < 1.29 is 17.6 Å². The van der Waals surface area contributed by atoms with E-state index in [0.29, 0.717) is 11.5 Å².